The van der Waals surface area contributed by atoms with Gasteiger partial charge in [0.05, 0.1) is 5.75 Å². The largest absolute Gasteiger partial charge is 0.300 e. The Hall–Kier alpha value is 0.0200. The van der Waals surface area contributed by atoms with Gasteiger partial charge >= 0.3 is 0 Å². The molecule has 0 amide bonds. The summed E-state index contributed by atoms with van der Waals surface area (Å²) >= 11 is 1.63. The lowest BCUT2D eigenvalue weighted by Crippen LogP contribution is -2.03. The summed E-state index contributed by atoms with van der Waals surface area (Å²) in [6.07, 6.45) is 1.31. The minimum atomic E-state index is 0.332. The van der Waals surface area contributed by atoms with E-state index in [0.29, 0.717) is 12.2 Å². The lowest BCUT2D eigenvalue weighted by molar-refractivity contribution is -0.118. The molecule has 0 aromatic carbocycles. The van der Waals surface area contributed by atoms with E-state index in [4.69, 9.17) is 0 Å². The van der Waals surface area contributed by atoms with Crippen LogP contribution in [-0.4, -0.2) is 11.5 Å². The molecule has 38 valence electrons. The van der Waals surface area contributed by atoms with Gasteiger partial charge in [-0.25, -0.2) is 0 Å². The van der Waals surface area contributed by atoms with Crippen LogP contribution in [0.15, 0.2) is 0 Å². The van der Waals surface area contributed by atoms with Crippen molar-refractivity contribution in [3.05, 3.63) is 5.75 Å². The van der Waals surface area contributed by atoms with Gasteiger partial charge < -0.3 is 0 Å². The van der Waals surface area contributed by atoms with Crippen molar-refractivity contribution in [3.63, 3.8) is 0 Å². The van der Waals surface area contributed by atoms with Gasteiger partial charge in [-0.3, -0.25) is 4.79 Å². The van der Waals surface area contributed by atoms with Gasteiger partial charge in [0.1, 0.15) is 5.78 Å². The van der Waals surface area contributed by atoms with E-state index in [1.807, 2.05) is 0 Å². The summed E-state index contributed by atoms with van der Waals surface area (Å²) in [5.74, 6) is 4.18. The number of hydrogen-bond donors (Lipinski definition) is 0. The molecule has 0 aliphatic carbocycles. The predicted molar refractivity (Wildman–Crippen MR) is 29.9 cm³/mol. The monoisotopic (exact) mass is 114 g/mol. The zero-order valence-corrected chi connectivity index (χ0v) is 4.75. The third-order valence-corrected chi connectivity index (χ3v) is 1.61. The lowest BCUT2D eigenvalue weighted by Gasteiger charge is -2.04. The predicted octanol–water partition coefficient (Wildman–Crippen LogP) is 1.12. The number of hydrogen-bond acceptors (Lipinski definition) is 2. The molecule has 0 saturated carbocycles. The molecular weight excluding hydrogens is 108 g/mol. The van der Waals surface area contributed by atoms with E-state index in [-0.39, 0.29) is 0 Å². The van der Waals surface area contributed by atoms with Crippen molar-refractivity contribution in [2.45, 2.75) is 12.8 Å². The molecule has 1 aliphatic rings. The zero-order valence-electron chi connectivity index (χ0n) is 3.94. The average Bonchev–Trinajstić information content (AvgIpc) is 1.69. The molecule has 1 aliphatic heterocycles. The summed E-state index contributed by atoms with van der Waals surface area (Å²) in [7, 11) is 0. The summed E-state index contributed by atoms with van der Waals surface area (Å²) in [5.41, 5.74) is 0. The van der Waals surface area contributed by atoms with Gasteiger partial charge in [0.2, 0.25) is 0 Å². The number of carbonyl (C=O) groups excluding carboxylic acids is 1. The Kier molecular flexibility index (Phi) is 1.74. The van der Waals surface area contributed by atoms with Crippen molar-refractivity contribution in [3.8, 4) is 0 Å². The van der Waals surface area contributed by atoms with E-state index >= 15 is 0 Å². The van der Waals surface area contributed by atoms with E-state index in [2.05, 4.69) is 5.75 Å². The van der Waals surface area contributed by atoms with Crippen LogP contribution in [0.5, 0.6) is 0 Å². The highest BCUT2D eigenvalue weighted by atomic mass is 32.2. The van der Waals surface area contributed by atoms with Crippen LogP contribution in [0.4, 0.5) is 0 Å². The van der Waals surface area contributed by atoms with Gasteiger partial charge in [-0.2, -0.15) is 11.8 Å². The summed E-state index contributed by atoms with van der Waals surface area (Å²) < 4.78 is 0. The van der Waals surface area contributed by atoms with Gasteiger partial charge in [-0.05, 0) is 0 Å². The first kappa shape index (κ1) is 5.16. The summed E-state index contributed by atoms with van der Waals surface area (Å²) in [5, 5.41) is 0. The Morgan fingerprint density at radius 3 is 2.86 bits per heavy atom. The maximum Gasteiger partial charge on any atom is 0.135 e. The molecule has 0 spiro atoms. The number of rotatable bonds is 0. The van der Waals surface area contributed by atoms with E-state index in [9.17, 15) is 4.79 Å². The van der Waals surface area contributed by atoms with Crippen molar-refractivity contribution in [2.75, 3.05) is 5.75 Å². The third-order valence-electron chi connectivity index (χ3n) is 0.854. The molecule has 0 unspecified atom stereocenters. The third kappa shape index (κ3) is 1.51. The van der Waals surface area contributed by atoms with E-state index in [0.717, 1.165) is 12.2 Å². The Labute approximate surface area is 47.5 Å². The molecule has 1 saturated heterocycles. The van der Waals surface area contributed by atoms with Crippen LogP contribution in [0.25, 0.3) is 0 Å². The Morgan fingerprint density at radius 2 is 2.57 bits per heavy atom. The first-order valence-corrected chi connectivity index (χ1v) is 3.24. The summed E-state index contributed by atoms with van der Waals surface area (Å²) in [4.78, 5) is 10.4. The van der Waals surface area contributed by atoms with Crippen LogP contribution in [0, 0.1) is 5.75 Å². The van der Waals surface area contributed by atoms with Gasteiger partial charge in [0.25, 0.3) is 0 Å². The minimum Gasteiger partial charge on any atom is -0.300 e. The molecule has 0 bridgehead atoms. The van der Waals surface area contributed by atoms with Crippen LogP contribution < -0.4 is 0 Å². The second-order valence-electron chi connectivity index (χ2n) is 1.46. The maximum atomic E-state index is 10.4. The Balaban J connectivity index is 2.25. The zero-order chi connectivity index (χ0) is 5.11. The van der Waals surface area contributed by atoms with Gasteiger partial charge in [0, 0.05) is 18.6 Å². The van der Waals surface area contributed by atoms with Crippen molar-refractivity contribution < 1.29 is 4.79 Å². The fraction of sp³-hybridized carbons (Fsp3) is 0.600. The smallest absolute Gasteiger partial charge is 0.135 e. The highest BCUT2D eigenvalue weighted by Crippen LogP contribution is 2.17. The lowest BCUT2D eigenvalue weighted by atomic mass is 10.2. The second-order valence-corrected chi connectivity index (χ2v) is 2.44. The standard InChI is InChI=1S/C5H6OS/c6-5-1-3-7-4-2-5/h1-3H2. The molecule has 0 aromatic heterocycles. The van der Waals surface area contributed by atoms with Crippen LogP contribution in [0.1, 0.15) is 12.8 Å². The highest BCUT2D eigenvalue weighted by Gasteiger charge is 2.07. The van der Waals surface area contributed by atoms with Gasteiger partial charge in [-0.1, -0.05) is 0 Å². The average molecular weight is 114 g/mol. The number of Topliss-reactive ketones (excluding diaryl/α,β-unsaturated/α-hetero) is 1. The molecule has 0 atom stereocenters. The first-order chi connectivity index (χ1) is 3.39. The normalized spacial score (nSPS) is 22.6. The van der Waals surface area contributed by atoms with Gasteiger partial charge in [-0.15, -0.1) is 0 Å². The fourth-order valence-electron chi connectivity index (χ4n) is 0.457. The summed E-state index contributed by atoms with van der Waals surface area (Å²) in [6, 6.07) is 0. The molecule has 2 radical (unpaired) electrons. The van der Waals surface area contributed by atoms with E-state index in [1.165, 1.54) is 0 Å². The van der Waals surface area contributed by atoms with Crippen LogP contribution in [-0.2, 0) is 4.79 Å². The van der Waals surface area contributed by atoms with Crippen molar-refractivity contribution >= 4 is 17.5 Å². The number of carbonyl (C=O) groups is 1. The second kappa shape index (κ2) is 2.36. The quantitative estimate of drug-likeness (QED) is 0.469. The van der Waals surface area contributed by atoms with Gasteiger partial charge in [0.15, 0.2) is 0 Å². The summed E-state index contributed by atoms with van der Waals surface area (Å²) in [6.45, 7) is 0. The Bertz CT molecular complexity index is 72.1. The molecule has 1 heterocycles. The Morgan fingerprint density at radius 1 is 1.71 bits per heavy atom. The molecule has 7 heavy (non-hydrogen) atoms. The van der Waals surface area contributed by atoms with Crippen LogP contribution in [0.2, 0.25) is 0 Å². The van der Waals surface area contributed by atoms with E-state index < -0.39 is 0 Å². The molecular formula is C5H6OS. The van der Waals surface area contributed by atoms with E-state index in [1.54, 1.807) is 11.8 Å². The molecule has 1 nitrogen and oxygen atoms in total. The molecule has 2 heteroatoms. The van der Waals surface area contributed by atoms with Crippen molar-refractivity contribution in [1.82, 2.24) is 0 Å². The minimum absolute atomic E-state index is 0.332. The van der Waals surface area contributed by atoms with Crippen LogP contribution >= 0.6 is 11.8 Å². The molecule has 1 fully saturated rings. The van der Waals surface area contributed by atoms with Crippen molar-refractivity contribution in [2.24, 2.45) is 0 Å². The first-order valence-electron chi connectivity index (χ1n) is 2.26. The molecule has 1 rings (SSSR count). The molecule has 0 aromatic rings. The maximum absolute atomic E-state index is 10.4. The highest BCUT2D eigenvalue weighted by molar-refractivity contribution is 8.01. The topological polar surface area (TPSA) is 17.1 Å². The number of ketones is 1. The van der Waals surface area contributed by atoms with Crippen LogP contribution in [0.3, 0.4) is 0 Å². The number of thioether (sulfide) groups is 1. The molecule has 0 N–H and O–H groups in total. The fourth-order valence-corrected chi connectivity index (χ4v) is 1.19. The SMILES string of the molecule is O=C1C[C]SCC1. The van der Waals surface area contributed by atoms with Crippen molar-refractivity contribution in [1.29, 1.82) is 0 Å².